The molecular formula is C20H20ClN3O3. The molecule has 0 bridgehead atoms. The van der Waals surface area contributed by atoms with Gasteiger partial charge in [0, 0.05) is 24.1 Å². The summed E-state index contributed by atoms with van der Waals surface area (Å²) in [5.41, 5.74) is 7.99. The van der Waals surface area contributed by atoms with Crippen molar-refractivity contribution < 1.29 is 14.4 Å². The predicted molar refractivity (Wildman–Crippen MR) is 104 cm³/mol. The molecule has 0 saturated carbocycles. The summed E-state index contributed by atoms with van der Waals surface area (Å²) in [7, 11) is 0. The minimum atomic E-state index is -0.488. The largest absolute Gasteiger partial charge is 0.311 e. The molecule has 1 aliphatic heterocycles. The number of anilines is 1. The van der Waals surface area contributed by atoms with Gasteiger partial charge in [-0.1, -0.05) is 29.3 Å². The molecule has 1 saturated heterocycles. The van der Waals surface area contributed by atoms with Crippen LogP contribution in [0.3, 0.4) is 0 Å². The molecule has 0 aromatic heterocycles. The van der Waals surface area contributed by atoms with Gasteiger partial charge >= 0.3 is 0 Å². The summed E-state index contributed by atoms with van der Waals surface area (Å²) in [5, 5.41) is 0.404. The lowest BCUT2D eigenvalue weighted by atomic mass is 10.1. The van der Waals surface area contributed by atoms with Gasteiger partial charge in [-0.15, -0.1) is 0 Å². The molecule has 6 nitrogen and oxygen atoms in total. The Kier molecular flexibility index (Phi) is 5.46. The zero-order chi connectivity index (χ0) is 19.6. The number of benzene rings is 2. The maximum atomic E-state index is 12.4. The van der Waals surface area contributed by atoms with Crippen LogP contribution in [0.4, 0.5) is 5.69 Å². The maximum absolute atomic E-state index is 12.4. The molecule has 0 atom stereocenters. The highest BCUT2D eigenvalue weighted by atomic mass is 35.5. The minimum absolute atomic E-state index is 0.0161. The first-order valence-corrected chi connectivity index (χ1v) is 9.02. The molecule has 3 amide bonds. The second kappa shape index (κ2) is 7.80. The second-order valence-electron chi connectivity index (χ2n) is 6.54. The molecular weight excluding hydrogens is 366 g/mol. The number of carbonyl (C=O) groups excluding carboxylic acids is 3. The Hall–Kier alpha value is -2.86. The summed E-state index contributed by atoms with van der Waals surface area (Å²) in [4.78, 5) is 38.2. The van der Waals surface area contributed by atoms with Gasteiger partial charge in [-0.2, -0.15) is 0 Å². The Bertz CT molecular complexity index is 927. The van der Waals surface area contributed by atoms with E-state index < -0.39 is 11.8 Å². The highest BCUT2D eigenvalue weighted by Crippen LogP contribution is 2.30. The topological polar surface area (TPSA) is 78.5 Å². The molecule has 0 aliphatic carbocycles. The van der Waals surface area contributed by atoms with Gasteiger partial charge in [0.2, 0.25) is 5.91 Å². The molecule has 1 aliphatic rings. The molecule has 140 valence electrons. The van der Waals surface area contributed by atoms with Gasteiger partial charge in [0.15, 0.2) is 0 Å². The zero-order valence-electron chi connectivity index (χ0n) is 15.1. The van der Waals surface area contributed by atoms with Crippen LogP contribution < -0.4 is 15.8 Å². The molecule has 2 aromatic carbocycles. The van der Waals surface area contributed by atoms with E-state index in [1.54, 1.807) is 29.2 Å². The third-order valence-electron chi connectivity index (χ3n) is 4.49. The van der Waals surface area contributed by atoms with E-state index in [9.17, 15) is 14.4 Å². The van der Waals surface area contributed by atoms with Crippen molar-refractivity contribution in [2.24, 2.45) is 0 Å². The number of hydrogen-bond acceptors (Lipinski definition) is 3. The Morgan fingerprint density at radius 2 is 1.78 bits per heavy atom. The number of rotatable bonds is 3. The molecule has 0 spiro atoms. The second-order valence-corrected chi connectivity index (χ2v) is 6.95. The number of carbonyl (C=O) groups is 3. The van der Waals surface area contributed by atoms with Gasteiger partial charge in [0.25, 0.3) is 11.8 Å². The molecule has 1 heterocycles. The van der Waals surface area contributed by atoms with E-state index in [4.69, 9.17) is 11.6 Å². The first-order chi connectivity index (χ1) is 12.9. The normalized spacial score (nSPS) is 13.6. The molecule has 0 unspecified atom stereocenters. The molecule has 7 heteroatoms. The Balaban J connectivity index is 1.71. The summed E-state index contributed by atoms with van der Waals surface area (Å²) >= 11 is 6.19. The quantitative estimate of drug-likeness (QED) is 0.796. The van der Waals surface area contributed by atoms with Gasteiger partial charge in [-0.05, 0) is 50.1 Å². The van der Waals surface area contributed by atoms with E-state index in [-0.39, 0.29) is 5.91 Å². The van der Waals surface area contributed by atoms with Crippen LogP contribution in [0.1, 0.15) is 44.7 Å². The number of hydrogen-bond donors (Lipinski definition) is 2. The molecule has 2 N–H and O–H groups in total. The van der Waals surface area contributed by atoms with E-state index in [0.717, 1.165) is 17.5 Å². The van der Waals surface area contributed by atoms with Crippen molar-refractivity contribution in [2.75, 3.05) is 11.4 Å². The van der Waals surface area contributed by atoms with Crippen molar-refractivity contribution in [1.29, 1.82) is 0 Å². The van der Waals surface area contributed by atoms with Crippen LogP contribution in [-0.4, -0.2) is 24.3 Å². The lowest BCUT2D eigenvalue weighted by molar-refractivity contribution is -0.117. The fraction of sp³-hybridized carbons (Fsp3) is 0.250. The summed E-state index contributed by atoms with van der Waals surface area (Å²) in [6, 6.07) is 10.1. The molecule has 3 rings (SSSR count). The van der Waals surface area contributed by atoms with Crippen LogP contribution in [0.15, 0.2) is 36.4 Å². The Morgan fingerprint density at radius 3 is 2.44 bits per heavy atom. The van der Waals surface area contributed by atoms with Crippen molar-refractivity contribution in [1.82, 2.24) is 10.9 Å². The molecule has 27 heavy (non-hydrogen) atoms. The monoisotopic (exact) mass is 385 g/mol. The number of amides is 3. The number of hydrazine groups is 1. The zero-order valence-corrected chi connectivity index (χ0v) is 15.9. The molecule has 1 fully saturated rings. The summed E-state index contributed by atoms with van der Waals surface area (Å²) in [6.45, 7) is 4.36. The highest BCUT2D eigenvalue weighted by Gasteiger charge is 2.24. The van der Waals surface area contributed by atoms with Crippen LogP contribution in [0, 0.1) is 13.8 Å². The summed E-state index contributed by atoms with van der Waals surface area (Å²) in [5.74, 6) is -0.903. The number of nitrogens with zero attached hydrogens (tertiary/aromatic N) is 1. The van der Waals surface area contributed by atoms with Crippen LogP contribution in [0.5, 0.6) is 0 Å². The molecule has 0 radical (unpaired) electrons. The van der Waals surface area contributed by atoms with Crippen LogP contribution in [-0.2, 0) is 4.79 Å². The fourth-order valence-electron chi connectivity index (χ4n) is 3.09. The van der Waals surface area contributed by atoms with Gasteiger partial charge in [0.05, 0.1) is 10.7 Å². The van der Waals surface area contributed by atoms with Crippen LogP contribution >= 0.6 is 11.6 Å². The SMILES string of the molecule is Cc1ccc(C(=O)NNC(=O)c2ccc(Cl)c(N3CCCC3=O)c2)c(C)c1. The first kappa shape index (κ1) is 18.9. The van der Waals surface area contributed by atoms with Gasteiger partial charge < -0.3 is 4.90 Å². The number of aryl methyl sites for hydroxylation is 2. The fourth-order valence-corrected chi connectivity index (χ4v) is 3.30. The Labute approximate surface area is 162 Å². The summed E-state index contributed by atoms with van der Waals surface area (Å²) in [6.07, 6.45) is 1.23. The van der Waals surface area contributed by atoms with Crippen LogP contribution in [0.25, 0.3) is 0 Å². The van der Waals surface area contributed by atoms with Gasteiger partial charge in [0.1, 0.15) is 0 Å². The van der Waals surface area contributed by atoms with Crippen LogP contribution in [0.2, 0.25) is 5.02 Å². The average molecular weight is 386 g/mol. The maximum Gasteiger partial charge on any atom is 0.269 e. The first-order valence-electron chi connectivity index (χ1n) is 8.64. The number of halogens is 1. The van der Waals surface area contributed by atoms with Gasteiger partial charge in [-0.3, -0.25) is 25.2 Å². The Morgan fingerprint density at radius 1 is 1.04 bits per heavy atom. The predicted octanol–water partition coefficient (Wildman–Crippen LogP) is 3.16. The lowest BCUT2D eigenvalue weighted by Gasteiger charge is -2.18. The highest BCUT2D eigenvalue weighted by molar-refractivity contribution is 6.34. The van der Waals surface area contributed by atoms with Crippen molar-refractivity contribution >= 4 is 35.0 Å². The van der Waals surface area contributed by atoms with E-state index in [2.05, 4.69) is 10.9 Å². The van der Waals surface area contributed by atoms with Crippen molar-refractivity contribution in [2.45, 2.75) is 26.7 Å². The van der Waals surface area contributed by atoms with E-state index >= 15 is 0 Å². The van der Waals surface area contributed by atoms with Crippen molar-refractivity contribution in [3.05, 3.63) is 63.7 Å². The lowest BCUT2D eigenvalue weighted by Crippen LogP contribution is -2.42. The van der Waals surface area contributed by atoms with E-state index in [0.29, 0.717) is 34.8 Å². The molecule has 2 aromatic rings. The smallest absolute Gasteiger partial charge is 0.269 e. The van der Waals surface area contributed by atoms with E-state index in [1.807, 2.05) is 26.0 Å². The minimum Gasteiger partial charge on any atom is -0.311 e. The van der Waals surface area contributed by atoms with E-state index in [1.165, 1.54) is 0 Å². The third kappa shape index (κ3) is 4.11. The summed E-state index contributed by atoms with van der Waals surface area (Å²) < 4.78 is 0. The van der Waals surface area contributed by atoms with Crippen molar-refractivity contribution in [3.63, 3.8) is 0 Å². The number of nitrogens with one attached hydrogen (secondary N) is 2. The van der Waals surface area contributed by atoms with Gasteiger partial charge in [-0.25, -0.2) is 0 Å². The standard InChI is InChI=1S/C20H20ClN3O3/c1-12-5-7-15(13(2)10-12)20(27)23-22-19(26)14-6-8-16(21)17(11-14)24-9-3-4-18(24)25/h5-8,10-11H,3-4,9H2,1-2H3,(H,22,26)(H,23,27). The third-order valence-corrected chi connectivity index (χ3v) is 4.81. The average Bonchev–Trinajstić information content (AvgIpc) is 3.05. The van der Waals surface area contributed by atoms with Crippen molar-refractivity contribution in [3.8, 4) is 0 Å².